The molecule has 0 radical (unpaired) electrons. The van der Waals surface area contributed by atoms with Crippen LogP contribution in [0.5, 0.6) is 0 Å². The molecule has 2 aliphatic carbocycles. The summed E-state index contributed by atoms with van der Waals surface area (Å²) in [6.45, 7) is 0.840. The normalized spacial score (nSPS) is 22.9. The maximum atomic E-state index is 12.6. The topological polar surface area (TPSA) is 90.0 Å². The smallest absolute Gasteiger partial charge is 0.317 e. The Morgan fingerprint density at radius 3 is 2.54 bits per heavy atom. The van der Waals surface area contributed by atoms with Crippen LogP contribution in [0.4, 0.5) is 5.69 Å². The number of aliphatic carboxylic acids is 1. The van der Waals surface area contributed by atoms with Crippen LogP contribution in [-0.2, 0) is 14.8 Å². The van der Waals surface area contributed by atoms with E-state index in [0.717, 1.165) is 12.2 Å². The Morgan fingerprint density at radius 1 is 1.27 bits per heavy atom. The van der Waals surface area contributed by atoms with Crippen LogP contribution in [0.15, 0.2) is 29.2 Å². The Balaban J connectivity index is 1.58. The Labute approximate surface area is 155 Å². The van der Waals surface area contributed by atoms with E-state index in [0.29, 0.717) is 18.8 Å². The Bertz CT molecular complexity index is 755. The number of sulfonamides is 1. The van der Waals surface area contributed by atoms with Crippen molar-refractivity contribution in [3.8, 4) is 0 Å². The fourth-order valence-electron chi connectivity index (χ4n) is 3.35. The van der Waals surface area contributed by atoms with Gasteiger partial charge in [-0.05, 0) is 49.8 Å². The van der Waals surface area contributed by atoms with E-state index in [2.05, 4.69) is 4.72 Å². The first kappa shape index (κ1) is 19.1. The molecule has 1 aromatic rings. The Kier molecular flexibility index (Phi) is 5.55. The second-order valence-corrected chi connectivity index (χ2v) is 9.32. The second-order valence-electron chi connectivity index (χ2n) is 7.60. The molecule has 0 aromatic heterocycles. The largest absolute Gasteiger partial charge is 0.480 e. The lowest BCUT2D eigenvalue weighted by atomic mass is 9.86. The van der Waals surface area contributed by atoms with Crippen molar-refractivity contribution in [3.63, 3.8) is 0 Å². The molecule has 1 aromatic carbocycles. The summed E-state index contributed by atoms with van der Waals surface area (Å²) in [5.74, 6) is -0.214. The molecule has 0 atom stereocenters. The third-order valence-corrected chi connectivity index (χ3v) is 6.64. The van der Waals surface area contributed by atoms with E-state index in [-0.39, 0.29) is 23.5 Å². The molecule has 0 saturated heterocycles. The molecule has 2 saturated carbocycles. The van der Waals surface area contributed by atoms with Crippen molar-refractivity contribution in [2.45, 2.75) is 42.7 Å². The van der Waals surface area contributed by atoms with Crippen molar-refractivity contribution in [2.24, 2.45) is 5.92 Å². The number of nitrogens with zero attached hydrogens (tertiary/aromatic N) is 2. The van der Waals surface area contributed by atoms with Gasteiger partial charge in [0.2, 0.25) is 10.0 Å². The summed E-state index contributed by atoms with van der Waals surface area (Å²) >= 11 is 0. The maximum Gasteiger partial charge on any atom is 0.317 e. The number of carboxylic acids is 1. The molecule has 0 bridgehead atoms. The Hall–Kier alpha value is -1.64. The lowest BCUT2D eigenvalue weighted by Crippen LogP contribution is -2.55. The molecule has 2 aliphatic rings. The highest BCUT2D eigenvalue weighted by Crippen LogP contribution is 2.34. The number of benzene rings is 1. The fraction of sp³-hybridized carbons (Fsp3) is 0.611. The average molecular weight is 381 g/mol. The lowest BCUT2D eigenvalue weighted by molar-refractivity contribution is -0.139. The minimum absolute atomic E-state index is 0.0333. The van der Waals surface area contributed by atoms with Crippen molar-refractivity contribution in [1.29, 1.82) is 0 Å². The molecule has 0 heterocycles. The number of nitrogens with one attached hydrogen (secondary N) is 1. The van der Waals surface area contributed by atoms with E-state index in [9.17, 15) is 13.2 Å². The van der Waals surface area contributed by atoms with Gasteiger partial charge in [0.15, 0.2) is 0 Å². The van der Waals surface area contributed by atoms with Gasteiger partial charge in [-0.15, -0.1) is 0 Å². The second kappa shape index (κ2) is 7.54. The van der Waals surface area contributed by atoms with Crippen LogP contribution in [-0.4, -0.2) is 63.7 Å². The Morgan fingerprint density at radius 2 is 1.96 bits per heavy atom. The predicted octanol–water partition coefficient (Wildman–Crippen LogP) is 1.36. The standard InChI is InChI=1S/C18H27N3O4S/c1-20(2)15-4-3-5-17(10-15)26(24,25)19-14-8-16(9-14)21(12-18(22)23)11-13-6-7-13/h3-5,10,13-14,16,19H,6-9,11-12H2,1-2H3,(H,22,23). The zero-order chi connectivity index (χ0) is 18.9. The van der Waals surface area contributed by atoms with E-state index in [1.54, 1.807) is 18.2 Å². The number of carbonyl (C=O) groups is 1. The number of anilines is 1. The molecule has 0 unspecified atom stereocenters. The van der Waals surface area contributed by atoms with Crippen LogP contribution < -0.4 is 9.62 Å². The quantitative estimate of drug-likeness (QED) is 0.671. The molecule has 0 amide bonds. The number of hydrogen-bond acceptors (Lipinski definition) is 5. The minimum atomic E-state index is -3.57. The maximum absolute atomic E-state index is 12.6. The molecule has 144 valence electrons. The zero-order valence-electron chi connectivity index (χ0n) is 15.3. The molecule has 2 fully saturated rings. The summed E-state index contributed by atoms with van der Waals surface area (Å²) in [6, 6.07) is 6.85. The third kappa shape index (κ3) is 4.75. The van der Waals surface area contributed by atoms with Gasteiger partial charge in [0.25, 0.3) is 0 Å². The van der Waals surface area contributed by atoms with Crippen LogP contribution in [0.3, 0.4) is 0 Å². The highest BCUT2D eigenvalue weighted by atomic mass is 32.2. The third-order valence-electron chi connectivity index (χ3n) is 5.12. The van der Waals surface area contributed by atoms with Gasteiger partial charge in [0, 0.05) is 38.4 Å². The molecule has 7 nitrogen and oxygen atoms in total. The van der Waals surface area contributed by atoms with Gasteiger partial charge < -0.3 is 10.0 Å². The fourth-order valence-corrected chi connectivity index (χ4v) is 4.65. The van der Waals surface area contributed by atoms with E-state index in [1.165, 1.54) is 12.8 Å². The molecule has 2 N–H and O–H groups in total. The van der Waals surface area contributed by atoms with E-state index in [4.69, 9.17) is 5.11 Å². The molecule has 8 heteroatoms. The van der Waals surface area contributed by atoms with Gasteiger partial charge in [-0.1, -0.05) is 6.07 Å². The molecule has 26 heavy (non-hydrogen) atoms. The highest BCUT2D eigenvalue weighted by molar-refractivity contribution is 7.89. The van der Waals surface area contributed by atoms with Gasteiger partial charge in [0.1, 0.15) is 0 Å². The van der Waals surface area contributed by atoms with Crippen LogP contribution in [0, 0.1) is 5.92 Å². The van der Waals surface area contributed by atoms with E-state index < -0.39 is 16.0 Å². The first-order valence-electron chi connectivity index (χ1n) is 9.00. The van der Waals surface area contributed by atoms with Crippen molar-refractivity contribution in [1.82, 2.24) is 9.62 Å². The van der Waals surface area contributed by atoms with Crippen molar-refractivity contribution in [3.05, 3.63) is 24.3 Å². The van der Waals surface area contributed by atoms with Gasteiger partial charge in [-0.25, -0.2) is 13.1 Å². The number of rotatable bonds is 9. The van der Waals surface area contributed by atoms with Crippen molar-refractivity contribution in [2.75, 3.05) is 32.1 Å². The summed E-state index contributed by atoms with van der Waals surface area (Å²) in [4.78, 5) is 15.2. The van der Waals surface area contributed by atoms with Crippen LogP contribution in [0.25, 0.3) is 0 Å². The molecule has 3 rings (SSSR count). The molecule has 0 spiro atoms. The van der Waals surface area contributed by atoms with Crippen LogP contribution in [0.2, 0.25) is 0 Å². The summed E-state index contributed by atoms with van der Waals surface area (Å²) in [7, 11) is 0.165. The SMILES string of the molecule is CN(C)c1cccc(S(=O)(=O)NC2CC(N(CC(=O)O)CC3CC3)C2)c1. The predicted molar refractivity (Wildman–Crippen MR) is 99.8 cm³/mol. The van der Waals surface area contributed by atoms with Crippen molar-refractivity contribution >= 4 is 21.7 Å². The summed E-state index contributed by atoms with van der Waals surface area (Å²) < 4.78 is 28.0. The van der Waals surface area contributed by atoms with Crippen LogP contribution >= 0.6 is 0 Å². The van der Waals surface area contributed by atoms with E-state index >= 15 is 0 Å². The first-order chi connectivity index (χ1) is 12.2. The van der Waals surface area contributed by atoms with Crippen molar-refractivity contribution < 1.29 is 18.3 Å². The van der Waals surface area contributed by atoms with Gasteiger partial charge in [-0.3, -0.25) is 9.69 Å². The zero-order valence-corrected chi connectivity index (χ0v) is 16.1. The molecule has 0 aliphatic heterocycles. The number of carboxylic acid groups (broad SMARTS) is 1. The summed E-state index contributed by atoms with van der Waals surface area (Å²) in [5, 5.41) is 9.10. The molecular weight excluding hydrogens is 354 g/mol. The average Bonchev–Trinajstić information content (AvgIpc) is 3.33. The minimum Gasteiger partial charge on any atom is -0.480 e. The van der Waals surface area contributed by atoms with Gasteiger partial charge >= 0.3 is 5.97 Å². The van der Waals surface area contributed by atoms with Gasteiger partial charge in [-0.2, -0.15) is 0 Å². The number of hydrogen-bond donors (Lipinski definition) is 2. The van der Waals surface area contributed by atoms with E-state index in [1.807, 2.05) is 30.0 Å². The summed E-state index contributed by atoms with van der Waals surface area (Å²) in [5.41, 5.74) is 0.830. The van der Waals surface area contributed by atoms with Gasteiger partial charge in [0.05, 0.1) is 11.4 Å². The first-order valence-corrected chi connectivity index (χ1v) is 10.5. The lowest BCUT2D eigenvalue weighted by Gasteiger charge is -2.42. The summed E-state index contributed by atoms with van der Waals surface area (Å²) in [6.07, 6.45) is 3.65. The molecular formula is C18H27N3O4S. The monoisotopic (exact) mass is 381 g/mol. The van der Waals surface area contributed by atoms with Crippen LogP contribution in [0.1, 0.15) is 25.7 Å². The highest BCUT2D eigenvalue weighted by Gasteiger charge is 2.38.